The number of anilines is 1. The van der Waals surface area contributed by atoms with E-state index in [1.807, 2.05) is 6.07 Å². The Morgan fingerprint density at radius 1 is 0.960 bits per heavy atom. The van der Waals surface area contributed by atoms with Crippen molar-refractivity contribution in [3.05, 3.63) is 121 Å². The number of nitrogens with zero attached hydrogens (tertiary/aromatic N) is 3. The van der Waals surface area contributed by atoms with Crippen LogP contribution in [0.3, 0.4) is 0 Å². The molecular formula is C37H36Cl3N3O7. The number of halogens is 3. The van der Waals surface area contributed by atoms with Gasteiger partial charge in [0.15, 0.2) is 23.9 Å². The van der Waals surface area contributed by atoms with E-state index in [2.05, 4.69) is 4.90 Å². The Hall–Kier alpha value is -4.22. The molecule has 0 radical (unpaired) electrons. The molecule has 7 rings (SSSR count). The number of ether oxygens (including phenoxy) is 3. The molecule has 1 N–H and O–H groups in total. The first-order valence-corrected chi connectivity index (χ1v) is 17.3. The third-order valence-corrected chi connectivity index (χ3v) is 10.5. The van der Waals surface area contributed by atoms with Crippen LogP contribution in [0.25, 0.3) is 0 Å². The second-order valence-corrected chi connectivity index (χ2v) is 13.7. The number of methoxy groups -OCH3 is 2. The van der Waals surface area contributed by atoms with E-state index in [1.54, 1.807) is 48.5 Å². The number of carboxylic acids is 1. The average Bonchev–Trinajstić information content (AvgIpc) is 3.10. The van der Waals surface area contributed by atoms with Gasteiger partial charge in [0.25, 0.3) is 0 Å². The molecule has 0 spiro atoms. The predicted molar refractivity (Wildman–Crippen MR) is 191 cm³/mol. The zero-order valence-corrected chi connectivity index (χ0v) is 29.8. The van der Waals surface area contributed by atoms with E-state index in [0.29, 0.717) is 61.7 Å². The molecule has 0 saturated carbocycles. The van der Waals surface area contributed by atoms with Crippen molar-refractivity contribution in [1.29, 1.82) is 0 Å². The van der Waals surface area contributed by atoms with E-state index in [0.717, 1.165) is 25.9 Å². The van der Waals surface area contributed by atoms with Gasteiger partial charge in [-0.05, 0) is 85.3 Å². The topological polar surface area (TPSA) is 115 Å². The van der Waals surface area contributed by atoms with Crippen LogP contribution in [0.5, 0.6) is 11.5 Å². The summed E-state index contributed by atoms with van der Waals surface area (Å²) >= 11 is 19.7. The second kappa shape index (κ2) is 15.3. The fraction of sp³-hybridized carbons (Fsp3) is 0.324. The SMILES string of the molecule is COc1ccc([C@H](Cc2c(Cl)c[n+]([O-])cc2Cl)c2cc(CN(C(=O)O[C@H]3CN4CCC3CC4)c3ccccc3Cl)ccc2C(=O)O)cc1OC. The Bertz CT molecular complexity index is 1880. The van der Waals surface area contributed by atoms with Crippen LogP contribution >= 0.6 is 34.8 Å². The van der Waals surface area contributed by atoms with Crippen LogP contribution in [0.2, 0.25) is 15.1 Å². The lowest BCUT2D eigenvalue weighted by atomic mass is 9.82. The lowest BCUT2D eigenvalue weighted by molar-refractivity contribution is -0.605. The Kier molecular flexibility index (Phi) is 10.9. The van der Waals surface area contributed by atoms with Gasteiger partial charge < -0.3 is 24.5 Å². The molecule has 1 amide bonds. The Morgan fingerprint density at radius 3 is 2.28 bits per heavy atom. The predicted octanol–water partition coefficient (Wildman–Crippen LogP) is 7.61. The molecule has 1 aromatic heterocycles. The zero-order chi connectivity index (χ0) is 35.5. The number of para-hydroxylation sites is 1. The molecule has 3 aliphatic rings. The first-order valence-electron chi connectivity index (χ1n) is 16.2. The number of hydrogen-bond donors (Lipinski definition) is 1. The van der Waals surface area contributed by atoms with Crippen LogP contribution in [0.15, 0.2) is 73.1 Å². The number of carbonyl (C=O) groups is 2. The van der Waals surface area contributed by atoms with Gasteiger partial charge in [0.1, 0.15) is 16.1 Å². The Balaban J connectivity index is 1.43. The van der Waals surface area contributed by atoms with Gasteiger partial charge in [-0.2, -0.15) is 4.73 Å². The second-order valence-electron chi connectivity index (χ2n) is 12.5. The van der Waals surface area contributed by atoms with Crippen molar-refractivity contribution in [2.45, 2.75) is 37.8 Å². The monoisotopic (exact) mass is 739 g/mol. The molecule has 4 aromatic rings. The highest BCUT2D eigenvalue weighted by Crippen LogP contribution is 2.40. The van der Waals surface area contributed by atoms with Crippen molar-refractivity contribution in [2.24, 2.45) is 5.92 Å². The molecule has 0 unspecified atom stereocenters. The van der Waals surface area contributed by atoms with E-state index in [1.165, 1.54) is 37.6 Å². The number of aromatic nitrogens is 1. The van der Waals surface area contributed by atoms with Crippen LogP contribution < -0.4 is 19.1 Å². The van der Waals surface area contributed by atoms with Crippen LogP contribution in [0.1, 0.15) is 51.4 Å². The van der Waals surface area contributed by atoms with E-state index in [4.69, 9.17) is 49.0 Å². The van der Waals surface area contributed by atoms with Crippen molar-refractivity contribution in [2.75, 3.05) is 38.8 Å². The number of amides is 1. The molecule has 10 nitrogen and oxygen atoms in total. The number of carbonyl (C=O) groups excluding carboxylic acids is 1. The highest BCUT2D eigenvalue weighted by Gasteiger charge is 2.38. The maximum Gasteiger partial charge on any atom is 0.414 e. The number of hydrogen-bond acceptors (Lipinski definition) is 7. The minimum atomic E-state index is -1.15. The third kappa shape index (κ3) is 7.58. The van der Waals surface area contributed by atoms with Crippen molar-refractivity contribution in [3.63, 3.8) is 0 Å². The summed E-state index contributed by atoms with van der Waals surface area (Å²) in [5.41, 5.74) is 2.70. The number of rotatable bonds is 11. The van der Waals surface area contributed by atoms with E-state index < -0.39 is 18.0 Å². The number of aromatic carboxylic acids is 1. The maximum absolute atomic E-state index is 14.0. The minimum absolute atomic E-state index is 0.0368. The van der Waals surface area contributed by atoms with Gasteiger partial charge in [0.05, 0.1) is 37.0 Å². The molecule has 3 saturated heterocycles. The number of carboxylic acid groups (broad SMARTS) is 1. The summed E-state index contributed by atoms with van der Waals surface area (Å²) < 4.78 is 17.7. The van der Waals surface area contributed by atoms with Gasteiger partial charge in [0, 0.05) is 18.0 Å². The van der Waals surface area contributed by atoms with Gasteiger partial charge in [-0.1, -0.05) is 65.1 Å². The van der Waals surface area contributed by atoms with Gasteiger partial charge >= 0.3 is 12.1 Å². The molecule has 2 bridgehead atoms. The normalized spacial score (nSPS) is 18.7. The molecule has 13 heteroatoms. The lowest BCUT2D eigenvalue weighted by Gasteiger charge is -2.44. The maximum atomic E-state index is 14.0. The average molecular weight is 741 g/mol. The highest BCUT2D eigenvalue weighted by atomic mass is 35.5. The number of benzene rings is 3. The highest BCUT2D eigenvalue weighted by molar-refractivity contribution is 6.35. The number of piperidine rings is 3. The van der Waals surface area contributed by atoms with Crippen LogP contribution in [0, 0.1) is 11.1 Å². The van der Waals surface area contributed by atoms with Crippen LogP contribution in [-0.2, 0) is 17.7 Å². The molecule has 4 heterocycles. The lowest BCUT2D eigenvalue weighted by Crippen LogP contribution is -2.53. The van der Waals surface area contributed by atoms with E-state index in [9.17, 15) is 19.9 Å². The van der Waals surface area contributed by atoms with Gasteiger partial charge in [-0.25, -0.2) is 9.59 Å². The quantitative estimate of drug-likeness (QED) is 0.124. The van der Waals surface area contributed by atoms with Gasteiger partial charge in [0.2, 0.25) is 0 Å². The molecule has 3 fully saturated rings. The van der Waals surface area contributed by atoms with Gasteiger partial charge in [-0.15, -0.1) is 0 Å². The van der Waals surface area contributed by atoms with Gasteiger partial charge in [-0.3, -0.25) is 9.80 Å². The van der Waals surface area contributed by atoms with Crippen LogP contribution in [0.4, 0.5) is 10.5 Å². The Morgan fingerprint density at radius 2 is 1.66 bits per heavy atom. The van der Waals surface area contributed by atoms with Crippen molar-refractivity contribution < 1.29 is 33.6 Å². The standard InChI is InChI=1S/C37H36Cl3N3O7/c1-48-33-10-8-24(16-34(33)49-2)26(17-28-30(39)19-42(47)20-31(28)40)27-15-22(7-9-25(27)36(44)45)18-43(32-6-4-3-5-29(32)38)37(46)50-35-21-41-13-11-23(35)12-14-41/h3-10,15-16,19-20,23,26,35H,11-14,17-18,21H2,1-2H3,(H,44,45)/t26-,35-/m0/s1. The van der Waals surface area contributed by atoms with Crippen molar-refractivity contribution in [1.82, 2.24) is 4.90 Å². The molecule has 262 valence electrons. The molecule has 0 aliphatic carbocycles. The smallest absolute Gasteiger partial charge is 0.414 e. The molecule has 3 aromatic carbocycles. The third-order valence-electron chi connectivity index (χ3n) is 9.55. The van der Waals surface area contributed by atoms with E-state index in [-0.39, 0.29) is 34.7 Å². The largest absolute Gasteiger partial charge is 0.619 e. The fourth-order valence-electron chi connectivity index (χ4n) is 6.94. The first kappa shape index (κ1) is 35.6. The number of fused-ring (bicyclic) bond motifs is 3. The summed E-state index contributed by atoms with van der Waals surface area (Å²) in [6, 6.07) is 17.3. The first-order chi connectivity index (χ1) is 24.1. The minimum Gasteiger partial charge on any atom is -0.619 e. The zero-order valence-electron chi connectivity index (χ0n) is 27.5. The van der Waals surface area contributed by atoms with Crippen molar-refractivity contribution >= 4 is 52.6 Å². The van der Waals surface area contributed by atoms with Crippen molar-refractivity contribution in [3.8, 4) is 11.5 Å². The summed E-state index contributed by atoms with van der Waals surface area (Å²) in [6.07, 6.45) is 3.72. The van der Waals surface area contributed by atoms with E-state index >= 15 is 0 Å². The summed E-state index contributed by atoms with van der Waals surface area (Å²) in [4.78, 5) is 30.5. The fourth-order valence-corrected chi connectivity index (χ4v) is 7.78. The molecular weight excluding hydrogens is 705 g/mol. The molecule has 2 atom stereocenters. The molecule has 50 heavy (non-hydrogen) atoms. The summed E-state index contributed by atoms with van der Waals surface area (Å²) in [5.74, 6) is -0.572. The number of pyridine rings is 1. The molecule has 3 aliphatic heterocycles. The van der Waals surface area contributed by atoms with Crippen LogP contribution in [-0.4, -0.2) is 62.0 Å². The summed E-state index contributed by atoms with van der Waals surface area (Å²) in [5, 5.41) is 23.1. The summed E-state index contributed by atoms with van der Waals surface area (Å²) in [7, 11) is 3.03. The summed E-state index contributed by atoms with van der Waals surface area (Å²) in [6.45, 7) is 2.73. The Labute approximate surface area is 305 Å².